The Bertz CT molecular complexity index is 372. The Morgan fingerprint density at radius 3 is 2.76 bits per heavy atom. The van der Waals surface area contributed by atoms with Gasteiger partial charge in [0.2, 0.25) is 0 Å². The first-order valence-corrected chi connectivity index (χ1v) is 6.83. The first kappa shape index (κ1) is 12.7. The molecule has 0 spiro atoms. The molecule has 1 aromatic heterocycles. The minimum atomic E-state index is 0.534. The molecule has 1 fully saturated rings. The van der Waals surface area contributed by atoms with Crippen LogP contribution in [0.4, 0.5) is 5.69 Å². The number of hydrogen-bond acceptors (Lipinski definition) is 2. The molecule has 0 saturated heterocycles. The summed E-state index contributed by atoms with van der Waals surface area (Å²) in [5, 5.41) is 4.19. The van der Waals surface area contributed by atoms with E-state index < -0.39 is 0 Å². The third kappa shape index (κ3) is 2.92. The van der Waals surface area contributed by atoms with Gasteiger partial charge in [-0.3, -0.25) is 0 Å². The van der Waals surface area contributed by atoms with Gasteiger partial charge in [-0.05, 0) is 49.7 Å². The van der Waals surface area contributed by atoms with E-state index in [1.165, 1.54) is 24.8 Å². The lowest BCUT2D eigenvalue weighted by Crippen LogP contribution is -2.33. The first-order valence-electron chi connectivity index (χ1n) is 6.45. The van der Waals surface area contributed by atoms with Gasteiger partial charge in [0.1, 0.15) is 0 Å². The second kappa shape index (κ2) is 5.26. The van der Waals surface area contributed by atoms with Crippen molar-refractivity contribution in [2.75, 3.05) is 5.32 Å². The van der Waals surface area contributed by atoms with Gasteiger partial charge >= 0.3 is 0 Å². The van der Waals surface area contributed by atoms with Gasteiger partial charge in [-0.15, -0.1) is 0 Å². The predicted molar refractivity (Wildman–Crippen MR) is 73.6 cm³/mol. The summed E-state index contributed by atoms with van der Waals surface area (Å²) < 4.78 is 0. The summed E-state index contributed by atoms with van der Waals surface area (Å²) in [4.78, 5) is 4.15. The summed E-state index contributed by atoms with van der Waals surface area (Å²) in [6, 6.07) is 2.54. The molecule has 2 nitrogen and oxygen atoms in total. The molecular weight excluding hydrogens is 232 g/mol. The van der Waals surface area contributed by atoms with Crippen LogP contribution in [0.2, 0.25) is 5.15 Å². The second-order valence-electron chi connectivity index (χ2n) is 5.44. The van der Waals surface area contributed by atoms with E-state index in [-0.39, 0.29) is 0 Å². The van der Waals surface area contributed by atoms with Crippen molar-refractivity contribution in [2.45, 2.75) is 46.1 Å². The van der Waals surface area contributed by atoms with Gasteiger partial charge in [-0.25, -0.2) is 4.98 Å². The highest BCUT2D eigenvalue weighted by molar-refractivity contribution is 6.32. The lowest BCUT2D eigenvalue weighted by molar-refractivity contribution is 0.276. The molecule has 1 heterocycles. The fourth-order valence-corrected chi connectivity index (χ4v) is 3.02. The lowest BCUT2D eigenvalue weighted by atomic mass is 9.80. The van der Waals surface area contributed by atoms with Crippen molar-refractivity contribution < 1.29 is 0 Å². The molecule has 1 saturated carbocycles. The monoisotopic (exact) mass is 252 g/mol. The van der Waals surface area contributed by atoms with Crippen LogP contribution in [0.5, 0.6) is 0 Å². The molecule has 94 valence electrons. The maximum atomic E-state index is 6.15. The molecule has 1 aliphatic carbocycles. The topological polar surface area (TPSA) is 24.9 Å². The highest BCUT2D eigenvalue weighted by Crippen LogP contribution is 2.33. The molecule has 0 aliphatic heterocycles. The number of nitrogens with zero attached hydrogens (tertiary/aromatic N) is 1. The Kier molecular flexibility index (Phi) is 3.93. The zero-order valence-corrected chi connectivity index (χ0v) is 11.6. The highest BCUT2D eigenvalue weighted by atomic mass is 35.5. The van der Waals surface area contributed by atoms with E-state index in [1.807, 2.05) is 6.07 Å². The fraction of sp³-hybridized carbons (Fsp3) is 0.643. The number of anilines is 1. The number of halogens is 1. The minimum Gasteiger partial charge on any atom is -0.379 e. The lowest BCUT2D eigenvalue weighted by Gasteiger charge is -2.34. The van der Waals surface area contributed by atoms with Crippen LogP contribution in [0.3, 0.4) is 0 Å². The molecule has 1 aromatic rings. The molecular formula is C14H21ClN2. The highest BCUT2D eigenvalue weighted by Gasteiger charge is 2.26. The van der Waals surface area contributed by atoms with Crippen molar-refractivity contribution >= 4 is 17.3 Å². The Morgan fingerprint density at radius 1 is 1.35 bits per heavy atom. The average molecular weight is 253 g/mol. The van der Waals surface area contributed by atoms with Gasteiger partial charge < -0.3 is 5.32 Å². The summed E-state index contributed by atoms with van der Waals surface area (Å²) in [6.45, 7) is 6.74. The molecule has 0 aromatic carbocycles. The Hall–Kier alpha value is -0.760. The third-order valence-electron chi connectivity index (χ3n) is 3.87. The second-order valence-corrected chi connectivity index (χ2v) is 5.80. The van der Waals surface area contributed by atoms with E-state index in [4.69, 9.17) is 11.6 Å². The first-order chi connectivity index (χ1) is 8.08. The summed E-state index contributed by atoms with van der Waals surface area (Å²) >= 11 is 6.15. The van der Waals surface area contributed by atoms with Crippen molar-refractivity contribution in [3.05, 3.63) is 23.0 Å². The Morgan fingerprint density at radius 2 is 2.12 bits per heavy atom. The van der Waals surface area contributed by atoms with Crippen LogP contribution in [0.1, 0.15) is 38.7 Å². The standard InChI is InChI=1S/C14H21ClN2/c1-9-4-5-12(11(3)8-9)17-13-10(2)6-7-16-14(13)15/h6-7,9,11-12,17H,4-5,8H2,1-3H3. The van der Waals surface area contributed by atoms with Gasteiger partial charge in [-0.2, -0.15) is 0 Å². The SMILES string of the molecule is Cc1ccnc(Cl)c1NC1CCC(C)CC1C. The quantitative estimate of drug-likeness (QED) is 0.795. The molecule has 1 aliphatic rings. The maximum absolute atomic E-state index is 6.15. The maximum Gasteiger partial charge on any atom is 0.152 e. The van der Waals surface area contributed by atoms with Crippen molar-refractivity contribution in [2.24, 2.45) is 11.8 Å². The molecule has 0 radical (unpaired) electrons. The predicted octanol–water partition coefficient (Wildman–Crippen LogP) is 4.28. The fourth-order valence-electron chi connectivity index (χ4n) is 2.76. The van der Waals surface area contributed by atoms with Crippen molar-refractivity contribution in [1.82, 2.24) is 4.98 Å². The van der Waals surface area contributed by atoms with E-state index in [1.54, 1.807) is 6.20 Å². The molecule has 3 heteroatoms. The Labute approximate surface area is 109 Å². The van der Waals surface area contributed by atoms with Crippen LogP contribution >= 0.6 is 11.6 Å². The van der Waals surface area contributed by atoms with Gasteiger partial charge in [-0.1, -0.05) is 25.4 Å². The van der Waals surface area contributed by atoms with Gasteiger partial charge in [0.05, 0.1) is 5.69 Å². The average Bonchev–Trinajstić information content (AvgIpc) is 2.26. The van der Waals surface area contributed by atoms with Crippen LogP contribution in [0.25, 0.3) is 0 Å². The molecule has 3 atom stereocenters. The number of rotatable bonds is 2. The molecule has 0 amide bonds. The van der Waals surface area contributed by atoms with Gasteiger partial charge in [0, 0.05) is 12.2 Å². The third-order valence-corrected chi connectivity index (χ3v) is 4.16. The smallest absolute Gasteiger partial charge is 0.152 e. The number of nitrogens with one attached hydrogen (secondary N) is 1. The van der Waals surface area contributed by atoms with Crippen molar-refractivity contribution in [3.63, 3.8) is 0 Å². The van der Waals surface area contributed by atoms with E-state index in [2.05, 4.69) is 31.1 Å². The summed E-state index contributed by atoms with van der Waals surface area (Å²) in [5.41, 5.74) is 2.19. The molecule has 1 N–H and O–H groups in total. The van der Waals surface area contributed by atoms with Crippen molar-refractivity contribution in [1.29, 1.82) is 0 Å². The van der Waals surface area contributed by atoms with Crippen molar-refractivity contribution in [3.8, 4) is 0 Å². The summed E-state index contributed by atoms with van der Waals surface area (Å²) in [7, 11) is 0. The number of aromatic nitrogens is 1. The summed E-state index contributed by atoms with van der Waals surface area (Å²) in [5.74, 6) is 1.56. The number of hydrogen-bond donors (Lipinski definition) is 1. The minimum absolute atomic E-state index is 0.534. The van der Waals surface area contributed by atoms with E-state index in [0.29, 0.717) is 17.1 Å². The van der Waals surface area contributed by atoms with E-state index >= 15 is 0 Å². The van der Waals surface area contributed by atoms with Gasteiger partial charge in [0.15, 0.2) is 5.15 Å². The normalized spacial score (nSPS) is 29.1. The zero-order valence-electron chi connectivity index (χ0n) is 10.8. The van der Waals surface area contributed by atoms with Crippen LogP contribution < -0.4 is 5.32 Å². The van der Waals surface area contributed by atoms with Crippen LogP contribution in [0.15, 0.2) is 12.3 Å². The Balaban J connectivity index is 2.10. The largest absolute Gasteiger partial charge is 0.379 e. The molecule has 17 heavy (non-hydrogen) atoms. The zero-order chi connectivity index (χ0) is 12.4. The molecule has 3 unspecified atom stereocenters. The van der Waals surface area contributed by atoms with Crippen LogP contribution in [-0.2, 0) is 0 Å². The van der Waals surface area contributed by atoms with Crippen LogP contribution in [-0.4, -0.2) is 11.0 Å². The molecule has 2 rings (SSSR count). The number of aryl methyl sites for hydroxylation is 1. The van der Waals surface area contributed by atoms with Gasteiger partial charge in [0.25, 0.3) is 0 Å². The summed E-state index contributed by atoms with van der Waals surface area (Å²) in [6.07, 6.45) is 5.59. The molecule has 0 bridgehead atoms. The van der Waals surface area contributed by atoms with E-state index in [9.17, 15) is 0 Å². The number of pyridine rings is 1. The van der Waals surface area contributed by atoms with E-state index in [0.717, 1.165) is 11.6 Å². The van der Waals surface area contributed by atoms with Crippen LogP contribution in [0, 0.1) is 18.8 Å².